The molecule has 19 heavy (non-hydrogen) atoms. The molecule has 0 aliphatic heterocycles. The van der Waals surface area contributed by atoms with Gasteiger partial charge in [0.1, 0.15) is 0 Å². The molecule has 2 heteroatoms. The summed E-state index contributed by atoms with van der Waals surface area (Å²) in [4.78, 5) is 0. The second-order valence-electron chi connectivity index (χ2n) is 4.71. The Labute approximate surface area is 124 Å². The predicted octanol–water partition coefficient (Wildman–Crippen LogP) is 5.57. The van der Waals surface area contributed by atoms with Gasteiger partial charge in [0.05, 0.1) is 6.04 Å². The van der Waals surface area contributed by atoms with Crippen molar-refractivity contribution in [3.63, 3.8) is 0 Å². The fraction of sp³-hybridized carbons (Fsp3) is 0.294. The molecule has 1 atom stereocenters. The van der Waals surface area contributed by atoms with Crippen LogP contribution in [0, 0.1) is 0 Å². The average Bonchev–Trinajstić information content (AvgIpc) is 2.46. The Hall–Kier alpha value is -1.28. The maximum atomic E-state index is 3.60. The lowest BCUT2D eigenvalue weighted by Gasteiger charge is -2.19. The van der Waals surface area contributed by atoms with E-state index in [4.69, 9.17) is 0 Å². The topological polar surface area (TPSA) is 12.0 Å². The minimum atomic E-state index is 0.362. The van der Waals surface area contributed by atoms with E-state index in [-0.39, 0.29) is 0 Å². The highest BCUT2D eigenvalue weighted by Crippen LogP contribution is 2.24. The van der Waals surface area contributed by atoms with E-state index in [0.29, 0.717) is 6.04 Å². The number of hydrogen-bond acceptors (Lipinski definition) is 1. The summed E-state index contributed by atoms with van der Waals surface area (Å²) in [6.45, 7) is 4.39. The second kappa shape index (κ2) is 6.76. The van der Waals surface area contributed by atoms with Gasteiger partial charge in [-0.05, 0) is 48.2 Å². The van der Waals surface area contributed by atoms with Crippen LogP contribution in [0.3, 0.4) is 0 Å². The van der Waals surface area contributed by atoms with E-state index in [1.807, 2.05) is 0 Å². The molecule has 0 saturated carbocycles. The molecular weight excluding hydrogens is 298 g/mol. The molecule has 0 radical (unpaired) electrons. The molecule has 0 spiro atoms. The molecule has 0 aliphatic carbocycles. The number of aryl methyl sites for hydroxylation is 1. The van der Waals surface area contributed by atoms with Crippen molar-refractivity contribution in [2.45, 2.75) is 32.7 Å². The molecule has 0 bridgehead atoms. The maximum Gasteiger partial charge on any atom is 0.0511 e. The number of rotatable bonds is 5. The van der Waals surface area contributed by atoms with Crippen molar-refractivity contribution in [3.05, 3.63) is 64.1 Å². The standard InChI is InChI=1S/C17H20BrN/c1-3-13-5-11-16(12-6-13)19-17(4-2)14-7-9-15(18)10-8-14/h5-12,17,19H,3-4H2,1-2H3. The molecular formula is C17H20BrN. The third-order valence-electron chi connectivity index (χ3n) is 3.38. The van der Waals surface area contributed by atoms with Crippen LogP contribution in [0.4, 0.5) is 5.69 Å². The Kier molecular flexibility index (Phi) is 5.03. The van der Waals surface area contributed by atoms with Gasteiger partial charge in [0.25, 0.3) is 0 Å². The largest absolute Gasteiger partial charge is 0.378 e. The first-order chi connectivity index (χ1) is 9.22. The molecule has 0 amide bonds. The molecule has 100 valence electrons. The van der Waals surface area contributed by atoms with Gasteiger partial charge in [0.15, 0.2) is 0 Å². The summed E-state index contributed by atoms with van der Waals surface area (Å²) >= 11 is 3.48. The van der Waals surface area contributed by atoms with Crippen LogP contribution in [0.25, 0.3) is 0 Å². The second-order valence-corrected chi connectivity index (χ2v) is 5.62. The minimum Gasteiger partial charge on any atom is -0.378 e. The molecule has 0 fully saturated rings. The highest BCUT2D eigenvalue weighted by atomic mass is 79.9. The molecule has 2 aromatic rings. The van der Waals surface area contributed by atoms with E-state index in [9.17, 15) is 0 Å². The minimum absolute atomic E-state index is 0.362. The zero-order valence-corrected chi connectivity index (χ0v) is 13.1. The zero-order valence-electron chi connectivity index (χ0n) is 11.5. The van der Waals surface area contributed by atoms with E-state index >= 15 is 0 Å². The van der Waals surface area contributed by atoms with Gasteiger partial charge < -0.3 is 5.32 Å². The first kappa shape index (κ1) is 14.1. The van der Waals surface area contributed by atoms with Gasteiger partial charge in [-0.2, -0.15) is 0 Å². The summed E-state index contributed by atoms with van der Waals surface area (Å²) in [5.41, 5.74) is 3.89. The van der Waals surface area contributed by atoms with Crippen molar-refractivity contribution < 1.29 is 0 Å². The van der Waals surface area contributed by atoms with Crippen LogP contribution in [0.15, 0.2) is 53.0 Å². The fourth-order valence-electron chi connectivity index (χ4n) is 2.15. The monoisotopic (exact) mass is 317 g/mol. The first-order valence-electron chi connectivity index (χ1n) is 6.84. The molecule has 2 aromatic carbocycles. The van der Waals surface area contributed by atoms with Gasteiger partial charge in [-0.1, -0.05) is 54.0 Å². The third kappa shape index (κ3) is 3.84. The van der Waals surface area contributed by atoms with Gasteiger partial charge in [0, 0.05) is 10.2 Å². The van der Waals surface area contributed by atoms with Gasteiger partial charge in [-0.3, -0.25) is 0 Å². The van der Waals surface area contributed by atoms with Crippen LogP contribution < -0.4 is 5.32 Å². The molecule has 0 aliphatic rings. The van der Waals surface area contributed by atoms with E-state index in [0.717, 1.165) is 17.3 Å². The number of nitrogens with one attached hydrogen (secondary N) is 1. The zero-order chi connectivity index (χ0) is 13.7. The quantitative estimate of drug-likeness (QED) is 0.759. The molecule has 0 aromatic heterocycles. The number of halogens is 1. The van der Waals surface area contributed by atoms with E-state index in [2.05, 4.69) is 83.6 Å². The number of anilines is 1. The fourth-order valence-corrected chi connectivity index (χ4v) is 2.42. The van der Waals surface area contributed by atoms with Crippen molar-refractivity contribution >= 4 is 21.6 Å². The van der Waals surface area contributed by atoms with Crippen LogP contribution in [0.5, 0.6) is 0 Å². The molecule has 1 nitrogen and oxygen atoms in total. The van der Waals surface area contributed by atoms with Gasteiger partial charge in [-0.25, -0.2) is 0 Å². The van der Waals surface area contributed by atoms with Crippen LogP contribution >= 0.6 is 15.9 Å². The summed E-state index contributed by atoms with van der Waals surface area (Å²) in [6.07, 6.45) is 2.15. The van der Waals surface area contributed by atoms with E-state index in [1.165, 1.54) is 16.8 Å². The van der Waals surface area contributed by atoms with Crippen molar-refractivity contribution in [3.8, 4) is 0 Å². The molecule has 0 saturated heterocycles. The van der Waals surface area contributed by atoms with Crippen molar-refractivity contribution in [1.29, 1.82) is 0 Å². The van der Waals surface area contributed by atoms with Crippen molar-refractivity contribution in [1.82, 2.24) is 0 Å². The van der Waals surface area contributed by atoms with E-state index < -0.39 is 0 Å². The summed E-state index contributed by atoms with van der Waals surface area (Å²) < 4.78 is 1.12. The molecule has 2 rings (SSSR count). The van der Waals surface area contributed by atoms with Crippen LogP contribution in [-0.2, 0) is 6.42 Å². The average molecular weight is 318 g/mol. The Morgan fingerprint density at radius 1 is 0.947 bits per heavy atom. The highest BCUT2D eigenvalue weighted by Gasteiger charge is 2.08. The third-order valence-corrected chi connectivity index (χ3v) is 3.91. The lowest BCUT2D eigenvalue weighted by molar-refractivity contribution is 0.749. The van der Waals surface area contributed by atoms with Crippen molar-refractivity contribution in [2.24, 2.45) is 0 Å². The lowest BCUT2D eigenvalue weighted by Crippen LogP contribution is -2.09. The van der Waals surface area contributed by atoms with Gasteiger partial charge in [-0.15, -0.1) is 0 Å². The predicted molar refractivity (Wildman–Crippen MR) is 86.6 cm³/mol. The molecule has 0 heterocycles. The summed E-state index contributed by atoms with van der Waals surface area (Å²) in [7, 11) is 0. The summed E-state index contributed by atoms with van der Waals surface area (Å²) in [6, 6.07) is 17.6. The van der Waals surface area contributed by atoms with Crippen LogP contribution in [0.1, 0.15) is 37.4 Å². The Balaban J connectivity index is 2.11. The van der Waals surface area contributed by atoms with Crippen molar-refractivity contribution in [2.75, 3.05) is 5.32 Å². The van der Waals surface area contributed by atoms with Gasteiger partial charge in [0.2, 0.25) is 0 Å². The number of benzene rings is 2. The van der Waals surface area contributed by atoms with Crippen LogP contribution in [-0.4, -0.2) is 0 Å². The smallest absolute Gasteiger partial charge is 0.0511 e. The first-order valence-corrected chi connectivity index (χ1v) is 7.63. The lowest BCUT2D eigenvalue weighted by atomic mass is 10.0. The normalized spacial score (nSPS) is 12.2. The summed E-state index contributed by atoms with van der Waals surface area (Å²) in [5.74, 6) is 0. The Morgan fingerprint density at radius 2 is 1.58 bits per heavy atom. The molecule has 1 N–H and O–H groups in total. The summed E-state index contributed by atoms with van der Waals surface area (Å²) in [5, 5.41) is 3.60. The maximum absolute atomic E-state index is 3.60. The van der Waals surface area contributed by atoms with E-state index in [1.54, 1.807) is 0 Å². The molecule has 1 unspecified atom stereocenters. The SMILES string of the molecule is CCc1ccc(NC(CC)c2ccc(Br)cc2)cc1. The highest BCUT2D eigenvalue weighted by molar-refractivity contribution is 9.10. The number of hydrogen-bond donors (Lipinski definition) is 1. The Morgan fingerprint density at radius 3 is 2.11 bits per heavy atom. The van der Waals surface area contributed by atoms with Crippen LogP contribution in [0.2, 0.25) is 0 Å². The Bertz CT molecular complexity index is 502. The van der Waals surface area contributed by atoms with Gasteiger partial charge >= 0.3 is 0 Å².